The molecule has 1 unspecified atom stereocenters. The smallest absolute Gasteiger partial charge is 0.359 e. The molecule has 1 aromatic heterocycles. The van der Waals surface area contributed by atoms with E-state index in [2.05, 4.69) is 27.4 Å². The maximum Gasteiger partial charge on any atom is 0.359 e. The molecule has 1 heterocycles. The summed E-state index contributed by atoms with van der Waals surface area (Å²) in [4.78, 5) is 32.4. The fourth-order valence-corrected chi connectivity index (χ4v) is 3.69. The number of esters is 1. The van der Waals surface area contributed by atoms with Gasteiger partial charge in [0.2, 0.25) is 0 Å². The maximum atomic E-state index is 12.2. The Morgan fingerprint density at radius 1 is 1.29 bits per heavy atom. The van der Waals surface area contributed by atoms with E-state index in [1.807, 2.05) is 13.0 Å². The number of rotatable bonds is 6. The minimum absolute atomic E-state index is 0.0449. The monoisotopic (exact) mass is 419 g/mol. The van der Waals surface area contributed by atoms with Gasteiger partial charge in [-0.2, -0.15) is 0 Å². The number of amides is 1. The van der Waals surface area contributed by atoms with E-state index < -0.39 is 12.6 Å². The first-order chi connectivity index (χ1) is 13.5. The Balaban J connectivity index is 1.56. The van der Waals surface area contributed by atoms with Crippen LogP contribution in [-0.4, -0.2) is 34.7 Å². The Labute approximate surface area is 173 Å². The number of ether oxygens (including phenoxy) is 1. The number of thioether (sulfide) groups is 1. The molecule has 0 aliphatic heterocycles. The number of carbonyl (C=O) groups is 2. The van der Waals surface area contributed by atoms with Gasteiger partial charge in [0.25, 0.3) is 5.91 Å². The fourth-order valence-electron chi connectivity index (χ4n) is 3.18. The minimum Gasteiger partial charge on any atom is -0.451 e. The average Bonchev–Trinajstić information content (AvgIpc) is 2.72. The van der Waals surface area contributed by atoms with Crippen molar-refractivity contribution in [2.45, 2.75) is 43.8 Å². The summed E-state index contributed by atoms with van der Waals surface area (Å²) >= 11 is 7.23. The van der Waals surface area contributed by atoms with Crippen LogP contribution in [0.4, 0.5) is 0 Å². The molecule has 2 aromatic rings. The van der Waals surface area contributed by atoms with Gasteiger partial charge in [-0.3, -0.25) is 4.79 Å². The zero-order chi connectivity index (χ0) is 20.1. The lowest BCUT2D eigenvalue weighted by atomic mass is 9.89. The number of halogens is 1. The highest BCUT2D eigenvalue weighted by atomic mass is 35.5. The topological polar surface area (TPSA) is 81.2 Å². The number of hydrogen-bond acceptors (Lipinski definition) is 6. The SMILES string of the molecule is CSc1ncc(Cl)c(C(=O)OCC(=O)NC(C)c2ccc3c(c2)CCCC3)n1. The summed E-state index contributed by atoms with van der Waals surface area (Å²) in [5.74, 6) is -1.13. The molecule has 1 amide bonds. The predicted molar refractivity (Wildman–Crippen MR) is 109 cm³/mol. The highest BCUT2D eigenvalue weighted by molar-refractivity contribution is 7.98. The van der Waals surface area contributed by atoms with Gasteiger partial charge in [0, 0.05) is 0 Å². The van der Waals surface area contributed by atoms with Crippen molar-refractivity contribution in [3.8, 4) is 0 Å². The Bertz CT molecular complexity index is 891. The van der Waals surface area contributed by atoms with Gasteiger partial charge in [-0.15, -0.1) is 0 Å². The molecule has 0 bridgehead atoms. The Morgan fingerprint density at radius 3 is 2.79 bits per heavy atom. The first kappa shape index (κ1) is 20.6. The van der Waals surface area contributed by atoms with Crippen LogP contribution in [0.1, 0.15) is 53.0 Å². The van der Waals surface area contributed by atoms with Crippen LogP contribution >= 0.6 is 23.4 Å². The number of aromatic nitrogens is 2. The van der Waals surface area contributed by atoms with E-state index in [0.29, 0.717) is 5.16 Å². The predicted octanol–water partition coefficient (Wildman–Crippen LogP) is 3.76. The Hall–Kier alpha value is -2.12. The molecule has 1 aliphatic carbocycles. The number of nitrogens with zero attached hydrogens (tertiary/aromatic N) is 2. The van der Waals surface area contributed by atoms with Crippen molar-refractivity contribution in [2.24, 2.45) is 0 Å². The number of benzene rings is 1. The molecule has 0 spiro atoms. The van der Waals surface area contributed by atoms with Crippen LogP contribution < -0.4 is 5.32 Å². The lowest BCUT2D eigenvalue weighted by Crippen LogP contribution is -2.31. The lowest BCUT2D eigenvalue weighted by Gasteiger charge is -2.20. The highest BCUT2D eigenvalue weighted by Crippen LogP contribution is 2.24. The number of fused-ring (bicyclic) bond motifs is 1. The summed E-state index contributed by atoms with van der Waals surface area (Å²) in [6, 6.07) is 6.18. The third-order valence-corrected chi connectivity index (χ3v) is 5.52. The third-order valence-electron chi connectivity index (χ3n) is 4.68. The van der Waals surface area contributed by atoms with Gasteiger partial charge in [0.15, 0.2) is 17.5 Å². The number of aryl methyl sites for hydroxylation is 2. The van der Waals surface area contributed by atoms with Crippen molar-refractivity contribution < 1.29 is 14.3 Å². The molecule has 6 nitrogen and oxygen atoms in total. The molecule has 0 radical (unpaired) electrons. The first-order valence-electron chi connectivity index (χ1n) is 9.12. The van der Waals surface area contributed by atoms with E-state index >= 15 is 0 Å². The second-order valence-electron chi connectivity index (χ2n) is 6.65. The van der Waals surface area contributed by atoms with E-state index in [9.17, 15) is 9.59 Å². The van der Waals surface area contributed by atoms with Gasteiger partial charge in [-0.25, -0.2) is 14.8 Å². The van der Waals surface area contributed by atoms with Gasteiger partial charge in [0.05, 0.1) is 17.3 Å². The van der Waals surface area contributed by atoms with Crippen molar-refractivity contribution in [3.05, 3.63) is 51.8 Å². The summed E-state index contributed by atoms with van der Waals surface area (Å²) in [6.45, 7) is 1.51. The van der Waals surface area contributed by atoms with Crippen LogP contribution in [0, 0.1) is 0 Å². The van der Waals surface area contributed by atoms with Crippen LogP contribution in [0.2, 0.25) is 5.02 Å². The van der Waals surface area contributed by atoms with Gasteiger partial charge in [-0.05, 0) is 55.6 Å². The Morgan fingerprint density at radius 2 is 2.04 bits per heavy atom. The average molecular weight is 420 g/mol. The summed E-state index contributed by atoms with van der Waals surface area (Å²) in [6.07, 6.45) is 7.77. The van der Waals surface area contributed by atoms with E-state index in [1.165, 1.54) is 41.9 Å². The van der Waals surface area contributed by atoms with Gasteiger partial charge < -0.3 is 10.1 Å². The number of carbonyl (C=O) groups excluding carboxylic acids is 2. The van der Waals surface area contributed by atoms with Crippen molar-refractivity contribution >= 4 is 35.2 Å². The van der Waals surface area contributed by atoms with Crippen molar-refractivity contribution in [1.82, 2.24) is 15.3 Å². The lowest BCUT2D eigenvalue weighted by molar-refractivity contribution is -0.124. The van der Waals surface area contributed by atoms with Crippen LogP contribution in [0.25, 0.3) is 0 Å². The largest absolute Gasteiger partial charge is 0.451 e. The molecule has 0 saturated carbocycles. The minimum atomic E-state index is -0.751. The van der Waals surface area contributed by atoms with Crippen LogP contribution in [0.5, 0.6) is 0 Å². The molecule has 0 fully saturated rings. The Kier molecular flexibility index (Phi) is 6.91. The first-order valence-corrected chi connectivity index (χ1v) is 10.7. The standard InChI is InChI=1S/C20H22ClN3O3S/c1-12(14-8-7-13-5-3-4-6-15(13)9-14)23-17(25)11-27-19(26)18-16(21)10-22-20(24-18)28-2/h7-10,12H,3-6,11H2,1-2H3,(H,23,25). The molecular weight excluding hydrogens is 398 g/mol. The molecule has 1 atom stereocenters. The summed E-state index contributed by atoms with van der Waals surface area (Å²) in [7, 11) is 0. The van der Waals surface area contributed by atoms with Crippen LogP contribution in [0.3, 0.4) is 0 Å². The fraction of sp³-hybridized carbons (Fsp3) is 0.400. The summed E-state index contributed by atoms with van der Waals surface area (Å²) in [5, 5.41) is 3.35. The maximum absolute atomic E-state index is 12.2. The van der Waals surface area contributed by atoms with E-state index in [-0.39, 0.29) is 22.7 Å². The van der Waals surface area contributed by atoms with Gasteiger partial charge >= 0.3 is 5.97 Å². The van der Waals surface area contributed by atoms with Crippen molar-refractivity contribution in [2.75, 3.05) is 12.9 Å². The van der Waals surface area contributed by atoms with Crippen molar-refractivity contribution in [3.63, 3.8) is 0 Å². The van der Waals surface area contributed by atoms with Crippen molar-refractivity contribution in [1.29, 1.82) is 0 Å². The molecule has 1 aromatic carbocycles. The van der Waals surface area contributed by atoms with Gasteiger partial charge in [0.1, 0.15) is 0 Å². The highest BCUT2D eigenvalue weighted by Gasteiger charge is 2.18. The molecule has 8 heteroatoms. The van der Waals surface area contributed by atoms with E-state index in [1.54, 1.807) is 6.26 Å². The van der Waals surface area contributed by atoms with Crippen LogP contribution in [-0.2, 0) is 22.4 Å². The molecule has 1 aliphatic rings. The second kappa shape index (κ2) is 9.39. The molecule has 148 valence electrons. The molecule has 3 rings (SSSR count). The number of nitrogens with one attached hydrogen (secondary N) is 1. The molecular formula is C20H22ClN3O3S. The van der Waals surface area contributed by atoms with Crippen LogP contribution in [0.15, 0.2) is 29.6 Å². The third kappa shape index (κ3) is 5.02. The zero-order valence-corrected chi connectivity index (χ0v) is 17.4. The summed E-state index contributed by atoms with van der Waals surface area (Å²) in [5.41, 5.74) is 3.76. The summed E-state index contributed by atoms with van der Waals surface area (Å²) < 4.78 is 5.06. The van der Waals surface area contributed by atoms with Gasteiger partial charge in [-0.1, -0.05) is 41.6 Å². The molecule has 0 saturated heterocycles. The number of hydrogen-bond donors (Lipinski definition) is 1. The van der Waals surface area contributed by atoms with E-state index in [4.69, 9.17) is 16.3 Å². The second-order valence-corrected chi connectivity index (χ2v) is 7.83. The molecule has 28 heavy (non-hydrogen) atoms. The van der Waals surface area contributed by atoms with E-state index in [0.717, 1.165) is 18.4 Å². The quantitative estimate of drug-likeness (QED) is 0.436. The zero-order valence-electron chi connectivity index (χ0n) is 15.8. The normalized spacial score (nSPS) is 14.1. The molecule has 1 N–H and O–H groups in total.